The van der Waals surface area contributed by atoms with Gasteiger partial charge in [-0.2, -0.15) is 5.10 Å². The summed E-state index contributed by atoms with van der Waals surface area (Å²) in [5, 5.41) is 22.0. The third kappa shape index (κ3) is 5.09. The fraction of sp³-hybridized carbons (Fsp3) is 0.167. The van der Waals surface area contributed by atoms with Crippen LogP contribution in [0.4, 0.5) is 0 Å². The van der Waals surface area contributed by atoms with E-state index in [9.17, 15) is 0 Å². The molecule has 0 N–H and O–H groups in total. The van der Waals surface area contributed by atoms with Gasteiger partial charge < -0.3 is 23.5 Å². The van der Waals surface area contributed by atoms with E-state index < -0.39 is 6.69 Å². The molecule has 6 aromatic rings. The van der Waals surface area contributed by atoms with Crippen LogP contribution in [0.25, 0.3) is 11.4 Å². The minimum absolute atomic E-state index is 0. The quantitative estimate of drug-likeness (QED) is 0.189. The maximum atomic E-state index is 4.49. The van der Waals surface area contributed by atoms with Crippen molar-refractivity contribution in [2.45, 2.75) is 19.8 Å². The molecule has 5 heterocycles. The number of hydrogen-bond acceptors (Lipinski definition) is 5. The van der Waals surface area contributed by atoms with Crippen LogP contribution in [0.1, 0.15) is 19.2 Å². The summed E-state index contributed by atoms with van der Waals surface area (Å²) >= 11 is 0. The second-order valence-corrected chi connectivity index (χ2v) is 8.14. The van der Waals surface area contributed by atoms with Gasteiger partial charge in [-0.1, -0.05) is 6.92 Å². The molecule has 0 aliphatic carbocycles. The third-order valence-electron chi connectivity index (χ3n) is 5.75. The van der Waals surface area contributed by atoms with Crippen LogP contribution in [-0.4, -0.2) is 50.5 Å². The van der Waals surface area contributed by atoms with Gasteiger partial charge >= 0.3 is 6.69 Å². The summed E-state index contributed by atoms with van der Waals surface area (Å²) in [5.74, 6) is 1.80. The molecule has 0 fully saturated rings. The zero-order chi connectivity index (χ0) is 24.8. The molecule has 0 bridgehead atoms. The topological polar surface area (TPSA) is 102 Å². The van der Waals surface area contributed by atoms with Crippen LogP contribution in [0.15, 0.2) is 98.1 Å². The Morgan fingerprint density at radius 3 is 2.03 bits per heavy atom. The van der Waals surface area contributed by atoms with E-state index in [4.69, 9.17) is 0 Å². The summed E-state index contributed by atoms with van der Waals surface area (Å²) in [5.41, 5.74) is 0.995. The molecule has 1 aromatic carbocycles. The molecular weight excluding hydrogens is 645 g/mol. The molecule has 11 nitrogen and oxygen atoms in total. The molecule has 0 amide bonds. The van der Waals surface area contributed by atoms with E-state index in [0.29, 0.717) is 0 Å². The van der Waals surface area contributed by atoms with Gasteiger partial charge in [0.2, 0.25) is 0 Å². The first-order valence-electron chi connectivity index (χ1n) is 11.7. The van der Waals surface area contributed by atoms with E-state index in [-0.39, 0.29) is 20.1 Å². The largest absolute Gasteiger partial charge is 0.634 e. The number of hydrogen-bond donors (Lipinski definition) is 0. The molecule has 13 heteroatoms. The fourth-order valence-corrected chi connectivity index (χ4v) is 4.20. The van der Waals surface area contributed by atoms with Gasteiger partial charge in [-0.3, -0.25) is 9.67 Å². The van der Waals surface area contributed by atoms with Crippen LogP contribution >= 0.6 is 0 Å². The molecule has 0 unspecified atom stereocenters. The molecular formula is C24H26BIrN11-2. The summed E-state index contributed by atoms with van der Waals surface area (Å²) in [6.45, 7) is 0.296. The van der Waals surface area contributed by atoms with Crippen molar-refractivity contribution in [3.63, 3.8) is 0 Å². The van der Waals surface area contributed by atoms with E-state index in [2.05, 4.69) is 43.5 Å². The normalized spacial score (nSPS) is 11.0. The first kappa shape index (κ1) is 26.0. The van der Waals surface area contributed by atoms with Gasteiger partial charge in [-0.25, -0.2) is 15.3 Å². The zero-order valence-electron chi connectivity index (χ0n) is 20.5. The van der Waals surface area contributed by atoms with E-state index in [1.54, 1.807) is 24.8 Å². The molecule has 0 saturated carbocycles. The molecule has 0 atom stereocenters. The third-order valence-corrected chi connectivity index (χ3v) is 5.75. The molecule has 191 valence electrons. The van der Waals surface area contributed by atoms with Crippen molar-refractivity contribution in [1.29, 1.82) is 0 Å². The van der Waals surface area contributed by atoms with E-state index in [0.717, 1.165) is 30.1 Å². The van der Waals surface area contributed by atoms with Gasteiger partial charge in [-0.15, -0.1) is 42.1 Å². The van der Waals surface area contributed by atoms with Crippen molar-refractivity contribution >= 4 is 6.69 Å². The summed E-state index contributed by atoms with van der Waals surface area (Å²) in [7, 11) is 1.92. The number of nitrogens with zero attached hydrogens (tertiary/aromatic N) is 11. The van der Waals surface area contributed by atoms with E-state index in [1.807, 2.05) is 103 Å². The molecule has 0 saturated heterocycles. The Kier molecular flexibility index (Phi) is 8.26. The number of benzene rings is 1. The Labute approximate surface area is 228 Å². The van der Waals surface area contributed by atoms with Crippen molar-refractivity contribution in [1.82, 2.24) is 48.9 Å². The van der Waals surface area contributed by atoms with Crippen molar-refractivity contribution in [3.05, 3.63) is 110 Å². The molecule has 0 aliphatic rings. The monoisotopic (exact) mass is 672 g/mol. The van der Waals surface area contributed by atoms with E-state index in [1.165, 1.54) is 0 Å². The van der Waals surface area contributed by atoms with Gasteiger partial charge in [-0.05, 0) is 49.3 Å². The second-order valence-electron chi connectivity index (χ2n) is 8.14. The van der Waals surface area contributed by atoms with Crippen LogP contribution < -0.4 is 9.69 Å². The Morgan fingerprint density at radius 2 is 1.57 bits per heavy atom. The van der Waals surface area contributed by atoms with Crippen LogP contribution in [0.3, 0.4) is 0 Å². The first-order valence-corrected chi connectivity index (χ1v) is 11.7. The average Bonchev–Trinajstić information content (AvgIpc) is 3.74. The summed E-state index contributed by atoms with van der Waals surface area (Å²) in [6, 6.07) is 18.5. The Balaban J connectivity index is 0.000000178. The summed E-state index contributed by atoms with van der Waals surface area (Å²) < 4.78 is 9.07. The van der Waals surface area contributed by atoms with Gasteiger partial charge in [0.25, 0.3) is 0 Å². The SMILES string of the molecule is CCCc1nc(-c2[c-]cccc2)n(C)n1.[Ir].c1cnn([B-](n2cccn2)(n2cccn2)[n+]2ccc[n-]2)c1. The zero-order valence-corrected chi connectivity index (χ0v) is 22.9. The maximum absolute atomic E-state index is 4.49. The minimum atomic E-state index is -1.83. The van der Waals surface area contributed by atoms with Crippen LogP contribution in [0.5, 0.6) is 0 Å². The number of aryl methyl sites for hydroxylation is 2. The predicted octanol–water partition coefficient (Wildman–Crippen LogP) is 1.68. The number of rotatable bonds is 7. The van der Waals surface area contributed by atoms with Crippen molar-refractivity contribution in [3.8, 4) is 11.4 Å². The van der Waals surface area contributed by atoms with Crippen LogP contribution in [0, 0.1) is 6.07 Å². The van der Waals surface area contributed by atoms with Gasteiger partial charge in [0.05, 0.1) is 5.82 Å². The second kappa shape index (κ2) is 11.8. The van der Waals surface area contributed by atoms with Gasteiger partial charge in [0.15, 0.2) is 0 Å². The van der Waals surface area contributed by atoms with Crippen LogP contribution in [-0.2, 0) is 33.6 Å². The maximum Gasteiger partial charge on any atom is 0.634 e. The molecule has 0 spiro atoms. The summed E-state index contributed by atoms with van der Waals surface area (Å²) in [4.78, 5) is 4.49. The Morgan fingerprint density at radius 1 is 0.919 bits per heavy atom. The van der Waals surface area contributed by atoms with Crippen molar-refractivity contribution in [2.75, 3.05) is 0 Å². The van der Waals surface area contributed by atoms with Gasteiger partial charge in [0.1, 0.15) is 12.0 Å². The number of aromatic nitrogens is 11. The molecule has 37 heavy (non-hydrogen) atoms. The Bertz CT molecular complexity index is 1300. The molecule has 0 aliphatic heterocycles. The smallest absolute Gasteiger partial charge is 0.470 e. The molecule has 6 rings (SSSR count). The van der Waals surface area contributed by atoms with Crippen molar-refractivity contribution < 1.29 is 24.7 Å². The molecule has 5 aromatic heterocycles. The van der Waals surface area contributed by atoms with Crippen LogP contribution in [0.2, 0.25) is 0 Å². The summed E-state index contributed by atoms with van der Waals surface area (Å²) in [6.07, 6.45) is 16.4. The minimum Gasteiger partial charge on any atom is -0.470 e. The Hall–Kier alpha value is -4.09. The average molecular weight is 672 g/mol. The standard InChI is InChI=1S/C12H12BN8.C12H14N3.Ir/c1-5-14-18(9-1)13(19-10-2-6-15-19,20-11-3-7-16-20)21-12-4-8-17-21;1-3-7-11-13-12(15(2)14-11)10-8-5-4-6-9-10;/h1-12H;4-6,8H,3,7H2,1-2H3;/q2*-1;. The predicted molar refractivity (Wildman–Crippen MR) is 133 cm³/mol. The van der Waals surface area contributed by atoms with E-state index >= 15 is 0 Å². The first-order chi connectivity index (χ1) is 17.7. The van der Waals surface area contributed by atoms with Crippen molar-refractivity contribution in [2.24, 2.45) is 7.05 Å². The fourth-order valence-electron chi connectivity index (χ4n) is 4.20. The van der Waals surface area contributed by atoms with Gasteiger partial charge in [0, 0.05) is 52.2 Å². The molecule has 1 radical (unpaired) electrons.